The topological polar surface area (TPSA) is 144 Å². The van der Waals surface area contributed by atoms with E-state index in [0.29, 0.717) is 0 Å². The molecule has 0 radical (unpaired) electrons. The fourth-order valence-corrected chi connectivity index (χ4v) is 4.03. The first-order valence-electron chi connectivity index (χ1n) is 10.6. The molecule has 33 heavy (non-hydrogen) atoms. The van der Waals surface area contributed by atoms with Gasteiger partial charge in [-0.05, 0) is 30.2 Å². The first-order valence-corrected chi connectivity index (χ1v) is 10.6. The summed E-state index contributed by atoms with van der Waals surface area (Å²) in [6.07, 6.45) is 0.826. The van der Waals surface area contributed by atoms with Gasteiger partial charge in [0, 0.05) is 18.7 Å². The van der Waals surface area contributed by atoms with Crippen LogP contribution in [0.1, 0.15) is 18.9 Å². The van der Waals surface area contributed by atoms with Crippen molar-refractivity contribution in [2.24, 2.45) is 5.92 Å². The van der Waals surface area contributed by atoms with E-state index >= 15 is 0 Å². The van der Waals surface area contributed by atoms with Gasteiger partial charge in [-0.25, -0.2) is 0 Å². The van der Waals surface area contributed by atoms with Crippen LogP contribution in [0.25, 0.3) is 10.8 Å². The summed E-state index contributed by atoms with van der Waals surface area (Å²) in [5.74, 6) is -1.68. The quantitative estimate of drug-likeness (QED) is 0.442. The number of aromatic nitrogens is 2. The third-order valence-corrected chi connectivity index (χ3v) is 5.68. The molecule has 10 nitrogen and oxygen atoms in total. The largest absolute Gasteiger partial charge is 0.347 e. The summed E-state index contributed by atoms with van der Waals surface area (Å²) < 4.78 is 0. The number of nitrogens with one attached hydrogen (secondary N) is 4. The van der Waals surface area contributed by atoms with Gasteiger partial charge in [-0.15, -0.1) is 0 Å². The molecular weight excluding hydrogens is 426 g/mol. The van der Waals surface area contributed by atoms with Gasteiger partial charge in [0.05, 0.1) is 28.9 Å². The van der Waals surface area contributed by atoms with E-state index in [0.717, 1.165) is 17.7 Å². The van der Waals surface area contributed by atoms with Gasteiger partial charge in [0.2, 0.25) is 17.7 Å². The number of aromatic amines is 2. The molecule has 4 rings (SSSR count). The number of benzene rings is 2. The Balaban J connectivity index is 1.40. The van der Waals surface area contributed by atoms with E-state index in [2.05, 4.69) is 20.8 Å². The maximum absolute atomic E-state index is 12.6. The number of carbonyl (C=O) groups excluding carboxylic acids is 3. The zero-order valence-corrected chi connectivity index (χ0v) is 17.9. The molecule has 3 aromatic rings. The molecule has 1 atom stereocenters. The third kappa shape index (κ3) is 4.40. The highest BCUT2D eigenvalue weighted by Crippen LogP contribution is 2.28. The van der Waals surface area contributed by atoms with Gasteiger partial charge in [0.25, 0.3) is 11.1 Å². The van der Waals surface area contributed by atoms with Crippen molar-refractivity contribution in [3.63, 3.8) is 0 Å². The number of nitrogens with zero attached hydrogens (tertiary/aromatic N) is 1. The zero-order valence-electron chi connectivity index (χ0n) is 17.9. The molecule has 4 N–H and O–H groups in total. The summed E-state index contributed by atoms with van der Waals surface area (Å²) in [4.78, 5) is 63.2. The van der Waals surface area contributed by atoms with Crippen molar-refractivity contribution in [3.8, 4) is 0 Å². The minimum Gasteiger partial charge on any atom is -0.347 e. The Morgan fingerprint density at radius 2 is 1.79 bits per heavy atom. The number of rotatable bonds is 6. The Morgan fingerprint density at radius 1 is 1.03 bits per heavy atom. The van der Waals surface area contributed by atoms with Gasteiger partial charge < -0.3 is 15.5 Å². The normalized spacial score (nSPS) is 15.6. The lowest BCUT2D eigenvalue weighted by Crippen LogP contribution is -2.38. The Labute approximate surface area is 188 Å². The summed E-state index contributed by atoms with van der Waals surface area (Å²) >= 11 is 0. The summed E-state index contributed by atoms with van der Waals surface area (Å²) in [6.45, 7) is 1.90. The van der Waals surface area contributed by atoms with Crippen LogP contribution in [-0.2, 0) is 20.8 Å². The first kappa shape index (κ1) is 22.0. The Bertz CT molecular complexity index is 1360. The van der Waals surface area contributed by atoms with Crippen molar-refractivity contribution in [2.75, 3.05) is 23.3 Å². The van der Waals surface area contributed by atoms with Crippen LogP contribution in [0.15, 0.2) is 52.1 Å². The summed E-state index contributed by atoms with van der Waals surface area (Å²) in [5.41, 5.74) is 0.942. The lowest BCUT2D eigenvalue weighted by Gasteiger charge is -2.20. The van der Waals surface area contributed by atoms with Gasteiger partial charge >= 0.3 is 0 Å². The number of fused-ring (bicyclic) bond motifs is 1. The molecular formula is C23H23N5O5. The molecule has 0 aliphatic carbocycles. The number of amides is 3. The third-order valence-electron chi connectivity index (χ3n) is 5.68. The number of anilines is 2. The van der Waals surface area contributed by atoms with Crippen molar-refractivity contribution in [2.45, 2.75) is 19.8 Å². The minimum absolute atomic E-state index is 0.0487. The molecule has 1 aliphatic rings. The zero-order chi connectivity index (χ0) is 23.5. The van der Waals surface area contributed by atoms with Crippen LogP contribution in [-0.4, -0.2) is 41.0 Å². The van der Waals surface area contributed by atoms with Crippen molar-refractivity contribution in [1.82, 2.24) is 15.5 Å². The lowest BCUT2D eigenvalue weighted by atomic mass is 10.1. The van der Waals surface area contributed by atoms with Crippen LogP contribution in [0.3, 0.4) is 0 Å². The van der Waals surface area contributed by atoms with E-state index < -0.39 is 28.9 Å². The standard InChI is InChI=1S/C23H23N5O5/c1-2-13-6-3-4-9-17(13)28-12-14(10-19(28)30)21(31)24-11-18(29)25-16-8-5-7-15-20(16)23(33)27-26-22(15)32/h3-9,14H,2,10-12H2,1H3,(H,24,31)(H,25,29)(H,26,32)(H,27,33). The fourth-order valence-electron chi connectivity index (χ4n) is 4.03. The summed E-state index contributed by atoms with van der Waals surface area (Å²) in [5, 5.41) is 9.74. The summed E-state index contributed by atoms with van der Waals surface area (Å²) in [7, 11) is 0. The van der Waals surface area contributed by atoms with E-state index in [1.807, 2.05) is 31.2 Å². The molecule has 0 saturated carbocycles. The second kappa shape index (κ2) is 9.11. The number of hydrogen-bond acceptors (Lipinski definition) is 5. The summed E-state index contributed by atoms with van der Waals surface area (Å²) in [6, 6.07) is 12.1. The molecule has 3 amide bonds. The molecule has 1 aromatic heterocycles. The molecule has 0 spiro atoms. The van der Waals surface area contributed by atoms with Crippen LogP contribution in [0.4, 0.5) is 11.4 Å². The smallest absolute Gasteiger partial charge is 0.272 e. The van der Waals surface area contributed by atoms with Crippen molar-refractivity contribution < 1.29 is 14.4 Å². The predicted molar refractivity (Wildman–Crippen MR) is 123 cm³/mol. The van der Waals surface area contributed by atoms with Gasteiger partial charge in [-0.1, -0.05) is 31.2 Å². The molecule has 1 saturated heterocycles. The second-order valence-corrected chi connectivity index (χ2v) is 7.79. The number of hydrogen-bond donors (Lipinski definition) is 4. The fraction of sp³-hybridized carbons (Fsp3) is 0.261. The number of H-pyrrole nitrogens is 2. The van der Waals surface area contributed by atoms with Crippen LogP contribution in [0, 0.1) is 5.92 Å². The second-order valence-electron chi connectivity index (χ2n) is 7.79. The van der Waals surface area contributed by atoms with Gasteiger partial charge in [0.15, 0.2) is 0 Å². The minimum atomic E-state index is -0.575. The highest BCUT2D eigenvalue weighted by molar-refractivity contribution is 6.04. The van der Waals surface area contributed by atoms with Gasteiger partial charge in [-0.2, -0.15) is 0 Å². The number of para-hydroxylation sites is 1. The highest BCUT2D eigenvalue weighted by atomic mass is 16.2. The molecule has 0 bridgehead atoms. The maximum Gasteiger partial charge on any atom is 0.272 e. The van der Waals surface area contributed by atoms with Crippen molar-refractivity contribution in [1.29, 1.82) is 0 Å². The molecule has 1 unspecified atom stereocenters. The van der Waals surface area contributed by atoms with Crippen LogP contribution in [0.2, 0.25) is 0 Å². The van der Waals surface area contributed by atoms with E-state index in [9.17, 15) is 24.0 Å². The van der Waals surface area contributed by atoms with Gasteiger partial charge in [-0.3, -0.25) is 34.2 Å². The predicted octanol–water partition coefficient (Wildman–Crippen LogP) is 0.887. The van der Waals surface area contributed by atoms with Crippen LogP contribution >= 0.6 is 0 Å². The van der Waals surface area contributed by atoms with Crippen LogP contribution in [0.5, 0.6) is 0 Å². The Hall–Kier alpha value is -4.21. The van der Waals surface area contributed by atoms with Gasteiger partial charge in [0.1, 0.15) is 0 Å². The van der Waals surface area contributed by atoms with E-state index in [4.69, 9.17) is 0 Å². The molecule has 2 aromatic carbocycles. The van der Waals surface area contributed by atoms with E-state index in [1.165, 1.54) is 18.2 Å². The first-order chi connectivity index (χ1) is 15.9. The maximum atomic E-state index is 12.6. The Morgan fingerprint density at radius 3 is 2.58 bits per heavy atom. The molecule has 1 fully saturated rings. The molecule has 170 valence electrons. The van der Waals surface area contributed by atoms with E-state index in [1.54, 1.807) is 4.90 Å². The highest BCUT2D eigenvalue weighted by Gasteiger charge is 2.35. The van der Waals surface area contributed by atoms with Crippen molar-refractivity contribution >= 4 is 39.9 Å². The monoisotopic (exact) mass is 449 g/mol. The number of carbonyl (C=O) groups is 3. The molecule has 1 aliphatic heterocycles. The average molecular weight is 449 g/mol. The lowest BCUT2D eigenvalue weighted by molar-refractivity contribution is -0.127. The molecule has 2 heterocycles. The Kier molecular flexibility index (Phi) is 6.07. The van der Waals surface area contributed by atoms with E-state index in [-0.39, 0.29) is 41.9 Å². The SMILES string of the molecule is CCc1ccccc1N1CC(C(=O)NCC(=O)Nc2cccc3c(=O)[nH][nH]c(=O)c23)CC1=O. The van der Waals surface area contributed by atoms with Crippen LogP contribution < -0.4 is 26.7 Å². The average Bonchev–Trinajstić information content (AvgIpc) is 3.21. The number of aryl methyl sites for hydroxylation is 1. The molecule has 10 heteroatoms. The van der Waals surface area contributed by atoms with Crippen molar-refractivity contribution in [3.05, 3.63) is 68.7 Å².